The lowest BCUT2D eigenvalue weighted by molar-refractivity contribution is -0.384. The van der Waals surface area contributed by atoms with Crippen molar-refractivity contribution < 1.29 is 19.6 Å². The van der Waals surface area contributed by atoms with E-state index in [0.29, 0.717) is 26.3 Å². The van der Waals surface area contributed by atoms with E-state index in [9.17, 15) is 14.9 Å². The van der Waals surface area contributed by atoms with Gasteiger partial charge in [-0.1, -0.05) is 11.6 Å². The van der Waals surface area contributed by atoms with Crippen LogP contribution in [-0.4, -0.2) is 47.3 Å². The fourth-order valence-electron chi connectivity index (χ4n) is 1.81. The first-order valence-electron chi connectivity index (χ1n) is 5.79. The van der Waals surface area contributed by atoms with Gasteiger partial charge in [-0.15, -0.1) is 0 Å². The second-order valence-corrected chi connectivity index (χ2v) is 4.53. The number of nitrogens with zero attached hydrogens (tertiary/aromatic N) is 2. The predicted molar refractivity (Wildman–Crippen MR) is 71.1 cm³/mol. The number of benzene rings is 1. The van der Waals surface area contributed by atoms with Crippen molar-refractivity contribution >= 4 is 28.9 Å². The third-order valence-electron chi connectivity index (χ3n) is 2.80. The number of rotatable bonds is 4. The first-order valence-corrected chi connectivity index (χ1v) is 6.17. The predicted octanol–water partition coefficient (Wildman–Crippen LogP) is 1.61. The van der Waals surface area contributed by atoms with Crippen LogP contribution in [0.5, 0.6) is 0 Å². The zero-order chi connectivity index (χ0) is 14.7. The van der Waals surface area contributed by atoms with Crippen molar-refractivity contribution in [2.75, 3.05) is 31.7 Å². The number of non-ortho nitro benzene ring substituents is 1. The van der Waals surface area contributed by atoms with Gasteiger partial charge in [-0.3, -0.25) is 10.1 Å². The van der Waals surface area contributed by atoms with Gasteiger partial charge in [0.1, 0.15) is 0 Å². The maximum absolute atomic E-state index is 11.2. The zero-order valence-electron chi connectivity index (χ0n) is 10.3. The highest BCUT2D eigenvalue weighted by molar-refractivity contribution is 6.34. The third kappa shape index (κ3) is 3.16. The van der Waals surface area contributed by atoms with Crippen LogP contribution in [0.4, 0.5) is 11.4 Å². The number of hydrazine groups is 1. The summed E-state index contributed by atoms with van der Waals surface area (Å²) in [6.45, 7) is 2.15. The average Bonchev–Trinajstić information content (AvgIpc) is 2.41. The van der Waals surface area contributed by atoms with E-state index < -0.39 is 10.9 Å². The van der Waals surface area contributed by atoms with E-state index >= 15 is 0 Å². The molecule has 1 fully saturated rings. The summed E-state index contributed by atoms with van der Waals surface area (Å²) in [5, 5.41) is 21.6. The summed E-state index contributed by atoms with van der Waals surface area (Å²) in [5.74, 6) is -1.29. The lowest BCUT2D eigenvalue weighted by Gasteiger charge is -2.28. The highest BCUT2D eigenvalue weighted by Gasteiger charge is 2.22. The van der Waals surface area contributed by atoms with Crippen LogP contribution in [0.25, 0.3) is 0 Å². The number of nitro benzene ring substituents is 1. The van der Waals surface area contributed by atoms with E-state index in [1.54, 1.807) is 5.01 Å². The zero-order valence-corrected chi connectivity index (χ0v) is 11.1. The van der Waals surface area contributed by atoms with Crippen molar-refractivity contribution in [3.8, 4) is 0 Å². The molecule has 0 bridgehead atoms. The molecule has 1 aliphatic heterocycles. The van der Waals surface area contributed by atoms with Crippen LogP contribution in [-0.2, 0) is 4.74 Å². The van der Waals surface area contributed by atoms with Gasteiger partial charge < -0.3 is 15.3 Å². The number of carboxylic acid groups (broad SMARTS) is 1. The average molecular weight is 302 g/mol. The van der Waals surface area contributed by atoms with Crippen molar-refractivity contribution in [1.29, 1.82) is 0 Å². The molecule has 1 aromatic rings. The van der Waals surface area contributed by atoms with Crippen LogP contribution < -0.4 is 5.43 Å². The molecule has 108 valence electrons. The summed E-state index contributed by atoms with van der Waals surface area (Å²) in [4.78, 5) is 21.3. The lowest BCUT2D eigenvalue weighted by Crippen LogP contribution is -2.40. The molecule has 1 aliphatic rings. The van der Waals surface area contributed by atoms with Crippen LogP contribution in [0.1, 0.15) is 10.4 Å². The molecule has 0 unspecified atom stereocenters. The second-order valence-electron chi connectivity index (χ2n) is 4.12. The van der Waals surface area contributed by atoms with Gasteiger partial charge in [0.05, 0.1) is 34.4 Å². The maximum atomic E-state index is 11.2. The summed E-state index contributed by atoms with van der Waals surface area (Å²) < 4.78 is 5.18. The molecule has 9 heteroatoms. The first kappa shape index (κ1) is 14.5. The standard InChI is InChI=1S/C11H12ClN3O5/c12-9-6-7(15(18)19)5-8(11(16)17)10(9)13-14-1-3-20-4-2-14/h5-6,13H,1-4H2,(H,16,17). The molecule has 8 nitrogen and oxygen atoms in total. The largest absolute Gasteiger partial charge is 0.478 e. The molecular weight excluding hydrogens is 290 g/mol. The van der Waals surface area contributed by atoms with E-state index in [-0.39, 0.29) is 22.0 Å². The van der Waals surface area contributed by atoms with E-state index in [2.05, 4.69) is 5.43 Å². The fraction of sp³-hybridized carbons (Fsp3) is 0.364. The molecule has 20 heavy (non-hydrogen) atoms. The van der Waals surface area contributed by atoms with Crippen LogP contribution in [0, 0.1) is 10.1 Å². The molecule has 0 aromatic heterocycles. The number of anilines is 1. The second kappa shape index (κ2) is 6.04. The number of aromatic carboxylic acids is 1. The van der Waals surface area contributed by atoms with Crippen molar-refractivity contribution in [2.45, 2.75) is 0 Å². The Bertz CT molecular complexity index is 545. The molecular formula is C11H12ClN3O5. The monoisotopic (exact) mass is 301 g/mol. The smallest absolute Gasteiger partial charge is 0.338 e. The Morgan fingerprint density at radius 2 is 2.10 bits per heavy atom. The normalized spacial score (nSPS) is 15.8. The molecule has 2 rings (SSSR count). The van der Waals surface area contributed by atoms with Crippen LogP contribution in [0.2, 0.25) is 5.02 Å². The number of carboxylic acids is 1. The Labute approximate surface area is 119 Å². The molecule has 0 spiro atoms. The highest BCUT2D eigenvalue weighted by Crippen LogP contribution is 2.31. The summed E-state index contributed by atoms with van der Waals surface area (Å²) in [7, 11) is 0. The van der Waals surface area contributed by atoms with E-state index in [4.69, 9.17) is 21.4 Å². The Kier molecular flexibility index (Phi) is 4.38. The van der Waals surface area contributed by atoms with Gasteiger partial charge >= 0.3 is 5.97 Å². The van der Waals surface area contributed by atoms with Gasteiger partial charge in [-0.25, -0.2) is 9.80 Å². The Hall–Kier alpha value is -1.90. The molecule has 0 amide bonds. The fourth-order valence-corrected chi connectivity index (χ4v) is 2.07. The summed E-state index contributed by atoms with van der Waals surface area (Å²) in [6.07, 6.45) is 0. The molecule has 0 atom stereocenters. The third-order valence-corrected chi connectivity index (χ3v) is 3.10. The SMILES string of the molecule is O=C(O)c1cc([N+](=O)[O-])cc(Cl)c1NN1CCOCC1. The number of hydrogen-bond acceptors (Lipinski definition) is 6. The molecule has 2 N–H and O–H groups in total. The maximum Gasteiger partial charge on any atom is 0.338 e. The molecule has 0 radical (unpaired) electrons. The van der Waals surface area contributed by atoms with Crippen LogP contribution >= 0.6 is 11.6 Å². The number of nitro groups is 1. The van der Waals surface area contributed by atoms with Gasteiger partial charge in [-0.2, -0.15) is 0 Å². The number of hydrogen-bond donors (Lipinski definition) is 2. The Morgan fingerprint density at radius 3 is 2.65 bits per heavy atom. The minimum Gasteiger partial charge on any atom is -0.478 e. The van der Waals surface area contributed by atoms with Crippen molar-refractivity contribution in [1.82, 2.24) is 5.01 Å². The van der Waals surface area contributed by atoms with E-state index in [0.717, 1.165) is 12.1 Å². The van der Waals surface area contributed by atoms with Crippen LogP contribution in [0.15, 0.2) is 12.1 Å². The molecule has 0 saturated carbocycles. The number of carbonyl (C=O) groups is 1. The number of ether oxygens (including phenoxy) is 1. The van der Waals surface area contributed by atoms with Gasteiger partial charge in [0.25, 0.3) is 5.69 Å². The summed E-state index contributed by atoms with van der Waals surface area (Å²) >= 11 is 5.95. The lowest BCUT2D eigenvalue weighted by atomic mass is 10.1. The molecule has 0 aliphatic carbocycles. The van der Waals surface area contributed by atoms with Crippen LogP contribution in [0.3, 0.4) is 0 Å². The van der Waals surface area contributed by atoms with Crippen molar-refractivity contribution in [2.24, 2.45) is 0 Å². The number of nitrogens with one attached hydrogen (secondary N) is 1. The van der Waals surface area contributed by atoms with Crippen molar-refractivity contribution in [3.63, 3.8) is 0 Å². The molecule has 1 heterocycles. The summed E-state index contributed by atoms with van der Waals surface area (Å²) in [5.41, 5.74) is 2.43. The van der Waals surface area contributed by atoms with Gasteiger partial charge in [0.2, 0.25) is 0 Å². The molecule has 1 saturated heterocycles. The first-order chi connectivity index (χ1) is 9.49. The minimum absolute atomic E-state index is 0.0110. The van der Waals surface area contributed by atoms with Crippen molar-refractivity contribution in [3.05, 3.63) is 32.8 Å². The van der Waals surface area contributed by atoms with Gasteiger partial charge in [0, 0.05) is 25.2 Å². The molecule has 1 aromatic carbocycles. The Morgan fingerprint density at radius 1 is 1.45 bits per heavy atom. The topological polar surface area (TPSA) is 105 Å². The quantitative estimate of drug-likeness (QED) is 0.643. The Balaban J connectivity index is 2.35. The van der Waals surface area contributed by atoms with E-state index in [1.165, 1.54) is 0 Å². The minimum atomic E-state index is -1.29. The number of halogens is 1. The van der Waals surface area contributed by atoms with Gasteiger partial charge in [0.15, 0.2) is 0 Å². The summed E-state index contributed by atoms with van der Waals surface area (Å²) in [6, 6.07) is 2.10. The van der Waals surface area contributed by atoms with E-state index in [1.807, 2.05) is 0 Å². The number of morpholine rings is 1. The highest BCUT2D eigenvalue weighted by atomic mass is 35.5. The van der Waals surface area contributed by atoms with Gasteiger partial charge in [-0.05, 0) is 0 Å².